The second kappa shape index (κ2) is 10.0. The van der Waals surface area contributed by atoms with Crippen molar-refractivity contribution in [3.63, 3.8) is 0 Å². The summed E-state index contributed by atoms with van der Waals surface area (Å²) in [6.45, 7) is -0.348. The van der Waals surface area contributed by atoms with Gasteiger partial charge in [0, 0.05) is 13.1 Å². The number of nitrogen functional groups attached to an aromatic ring is 2. The number of imidazole rings is 2. The number of aliphatic hydroxyl groups is 2. The van der Waals surface area contributed by atoms with Gasteiger partial charge in [-0.15, -0.1) is 0 Å². The Labute approximate surface area is 239 Å². The number of rotatable bonds is 2. The van der Waals surface area contributed by atoms with Crippen LogP contribution in [0.3, 0.4) is 0 Å². The summed E-state index contributed by atoms with van der Waals surface area (Å²) < 4.78 is 14.9. The Kier molecular flexibility index (Phi) is 6.23. The Hall–Kier alpha value is -5.12. The van der Waals surface area contributed by atoms with Crippen LogP contribution in [0.1, 0.15) is 12.5 Å². The molecule has 21 nitrogen and oxygen atoms in total. The number of nitrogens with zero attached hydrogens (tertiary/aromatic N) is 7. The zero-order valence-corrected chi connectivity index (χ0v) is 22.0. The minimum Gasteiger partial charge on any atom is -0.388 e. The smallest absolute Gasteiger partial charge is 0.315 e. The van der Waals surface area contributed by atoms with Gasteiger partial charge in [0.15, 0.2) is 35.1 Å². The first-order valence-corrected chi connectivity index (χ1v) is 13.1. The molecule has 4 aromatic rings. The number of amides is 4. The van der Waals surface area contributed by atoms with Crippen LogP contribution in [0, 0.1) is 0 Å². The van der Waals surface area contributed by atoms with Gasteiger partial charge in [-0.05, 0) is 0 Å². The third-order valence-corrected chi connectivity index (χ3v) is 7.65. The molecule has 4 amide bonds. The summed E-state index contributed by atoms with van der Waals surface area (Å²) >= 11 is 0. The topological polar surface area (TPSA) is 300 Å². The van der Waals surface area contributed by atoms with Crippen LogP contribution in [0.15, 0.2) is 23.8 Å². The minimum absolute atomic E-state index is 0.0248. The third-order valence-electron chi connectivity index (χ3n) is 7.65. The molecule has 3 fully saturated rings. The summed E-state index contributed by atoms with van der Waals surface area (Å²) in [7, 11) is 0. The minimum atomic E-state index is -1.30. The van der Waals surface area contributed by atoms with Gasteiger partial charge < -0.3 is 52.4 Å². The summed E-state index contributed by atoms with van der Waals surface area (Å²) in [5.41, 5.74) is 11.7. The van der Waals surface area contributed by atoms with E-state index in [2.05, 4.69) is 51.2 Å². The van der Waals surface area contributed by atoms with Gasteiger partial charge in [0.05, 0.1) is 18.7 Å². The molecule has 0 saturated carbocycles. The Morgan fingerprint density at radius 3 is 2.21 bits per heavy atom. The van der Waals surface area contributed by atoms with Gasteiger partial charge in [0.1, 0.15) is 42.3 Å². The van der Waals surface area contributed by atoms with Crippen LogP contribution in [0.4, 0.5) is 21.4 Å². The van der Waals surface area contributed by atoms with Gasteiger partial charge in [-0.1, -0.05) is 0 Å². The van der Waals surface area contributed by atoms with Crippen molar-refractivity contribution in [3.05, 3.63) is 29.3 Å². The molecule has 3 saturated heterocycles. The molecule has 2 bridgehead atoms. The highest BCUT2D eigenvalue weighted by molar-refractivity contribution is 5.81. The van der Waals surface area contributed by atoms with Crippen molar-refractivity contribution in [1.82, 2.24) is 60.3 Å². The SMILES string of the molecule is Nc1nc2c(ncn2[C@@H]2O[C@@H]3CNC(=O)NC4C(O)[C@H](n5cnc6c(N)ncnc65)O[C@@H]4CNC(=O)NC2C3O)c(=O)[nH]1. The van der Waals surface area contributed by atoms with Crippen LogP contribution in [0.2, 0.25) is 0 Å². The first-order chi connectivity index (χ1) is 20.7. The number of aliphatic hydroxyl groups excluding tert-OH is 2. The van der Waals surface area contributed by atoms with Crippen molar-refractivity contribution in [2.75, 3.05) is 24.6 Å². The molecule has 4 unspecified atom stereocenters. The summed E-state index contributed by atoms with van der Waals surface area (Å²) in [5, 5.41) is 32.9. The highest BCUT2D eigenvalue weighted by Crippen LogP contribution is 2.33. The lowest BCUT2D eigenvalue weighted by atomic mass is 10.1. The molecule has 0 aliphatic carbocycles. The van der Waals surface area contributed by atoms with Gasteiger partial charge in [0.25, 0.3) is 5.56 Å². The lowest BCUT2D eigenvalue weighted by Gasteiger charge is -2.24. The van der Waals surface area contributed by atoms with Crippen molar-refractivity contribution in [2.24, 2.45) is 0 Å². The van der Waals surface area contributed by atoms with Crippen molar-refractivity contribution < 1.29 is 29.3 Å². The molecule has 11 N–H and O–H groups in total. The number of fused-ring (bicyclic) bond motifs is 5. The van der Waals surface area contributed by atoms with E-state index in [-0.39, 0.29) is 36.0 Å². The van der Waals surface area contributed by atoms with Gasteiger partial charge in [-0.2, -0.15) is 4.98 Å². The van der Waals surface area contributed by atoms with Crippen molar-refractivity contribution >= 4 is 46.2 Å². The van der Waals surface area contributed by atoms with Gasteiger partial charge in [-0.25, -0.2) is 29.5 Å². The van der Waals surface area contributed by atoms with Gasteiger partial charge in [0.2, 0.25) is 5.95 Å². The fourth-order valence-electron chi connectivity index (χ4n) is 5.61. The first-order valence-electron chi connectivity index (χ1n) is 13.1. The van der Waals surface area contributed by atoms with E-state index in [1.807, 2.05) is 0 Å². The number of anilines is 2. The molecule has 0 spiro atoms. The summed E-state index contributed by atoms with van der Waals surface area (Å²) in [5.74, 6) is -0.0231. The van der Waals surface area contributed by atoms with Crippen LogP contribution in [-0.2, 0) is 9.47 Å². The Bertz CT molecular complexity index is 1790. The maximum absolute atomic E-state index is 13.1. The number of nitrogens with two attached hydrogens (primary N) is 2. The number of carbonyl (C=O) groups is 2. The molecule has 0 radical (unpaired) electrons. The zero-order valence-electron chi connectivity index (χ0n) is 22.0. The summed E-state index contributed by atoms with van der Waals surface area (Å²) in [6, 6.07) is -3.45. The average molecular weight is 599 g/mol. The number of nitrogens with one attached hydrogen (secondary N) is 5. The number of ether oxygens (including phenoxy) is 2. The number of aromatic nitrogens is 8. The summed E-state index contributed by atoms with van der Waals surface area (Å²) in [6.07, 6.45) is -2.72. The number of aromatic amines is 1. The third kappa shape index (κ3) is 4.41. The summed E-state index contributed by atoms with van der Waals surface area (Å²) in [4.78, 5) is 61.2. The van der Waals surface area contributed by atoms with E-state index in [1.165, 1.54) is 28.1 Å². The van der Waals surface area contributed by atoms with E-state index in [0.29, 0.717) is 11.2 Å². The van der Waals surface area contributed by atoms with E-state index in [9.17, 15) is 24.6 Å². The molecule has 4 aromatic heterocycles. The quantitative estimate of drug-likeness (QED) is 0.106. The predicted octanol–water partition coefficient (Wildman–Crippen LogP) is -4.01. The second-order valence-corrected chi connectivity index (χ2v) is 10.2. The molecular formula is C22H26N14O7. The number of carbonyl (C=O) groups excluding carboxylic acids is 2. The Morgan fingerprint density at radius 2 is 1.44 bits per heavy atom. The van der Waals surface area contributed by atoms with Crippen LogP contribution in [0.25, 0.3) is 22.3 Å². The van der Waals surface area contributed by atoms with Gasteiger partial charge >= 0.3 is 12.1 Å². The fraction of sp³-hybridized carbons (Fsp3) is 0.455. The normalized spacial score (nSPS) is 31.3. The molecular weight excluding hydrogens is 572 g/mol. The molecule has 3 aliphatic heterocycles. The Morgan fingerprint density at radius 1 is 0.791 bits per heavy atom. The second-order valence-electron chi connectivity index (χ2n) is 10.2. The maximum Gasteiger partial charge on any atom is 0.315 e. The van der Waals surface area contributed by atoms with E-state index in [0.717, 1.165) is 0 Å². The van der Waals surface area contributed by atoms with Crippen LogP contribution in [0.5, 0.6) is 0 Å². The first kappa shape index (κ1) is 26.8. The lowest BCUT2D eigenvalue weighted by Crippen LogP contribution is -2.54. The van der Waals surface area contributed by atoms with Crippen molar-refractivity contribution in [3.8, 4) is 0 Å². The molecule has 21 heteroatoms. The highest BCUT2D eigenvalue weighted by atomic mass is 16.5. The molecule has 3 aliphatic rings. The number of H-pyrrole nitrogens is 1. The van der Waals surface area contributed by atoms with Crippen LogP contribution in [-0.4, -0.2) is 111 Å². The molecule has 8 atom stereocenters. The molecule has 7 heterocycles. The van der Waals surface area contributed by atoms with E-state index in [4.69, 9.17) is 20.9 Å². The molecule has 7 rings (SSSR count). The van der Waals surface area contributed by atoms with Crippen LogP contribution >= 0.6 is 0 Å². The standard InChI is InChI=1S/C22H26N14O7/c23-14-10-15(28-3-27-14)35(4-29-10)19-13(38)8-6(42-19)1-25-22(41)32-9-12(37)7(2-26-21(40)31-8)43-18(9)36-5-30-11-16(36)33-20(24)34-17(11)39/h3-9,12-13,18-19,37-38H,1-2H2,(H2,23,27,28)(H2,25,32,41)(H2,26,31,40)(H3,24,33,34,39)/t6-,7-,8?,9?,12?,13?,18-,19-/m1/s1. The van der Waals surface area contributed by atoms with E-state index >= 15 is 0 Å². The van der Waals surface area contributed by atoms with Crippen LogP contribution < -0.4 is 38.3 Å². The Balaban J connectivity index is 1.16. The van der Waals surface area contributed by atoms with Gasteiger partial charge in [-0.3, -0.25) is 18.9 Å². The lowest BCUT2D eigenvalue weighted by molar-refractivity contribution is -0.0335. The monoisotopic (exact) mass is 598 g/mol. The fourth-order valence-corrected chi connectivity index (χ4v) is 5.61. The number of hydrogen-bond donors (Lipinski definition) is 9. The predicted molar refractivity (Wildman–Crippen MR) is 143 cm³/mol. The van der Waals surface area contributed by atoms with Crippen molar-refractivity contribution in [2.45, 2.75) is 49.0 Å². The zero-order chi connectivity index (χ0) is 30.0. The molecule has 0 aromatic carbocycles. The molecule has 43 heavy (non-hydrogen) atoms. The maximum atomic E-state index is 13.1. The van der Waals surface area contributed by atoms with E-state index in [1.54, 1.807) is 0 Å². The average Bonchev–Trinajstić information content (AvgIpc) is 3.72. The number of hydrogen-bond acceptors (Lipinski definition) is 14. The highest BCUT2D eigenvalue weighted by Gasteiger charge is 2.49. The molecule has 226 valence electrons. The van der Waals surface area contributed by atoms with Crippen molar-refractivity contribution in [1.29, 1.82) is 0 Å². The largest absolute Gasteiger partial charge is 0.388 e. The number of urea groups is 2. The van der Waals surface area contributed by atoms with E-state index < -0.39 is 66.6 Å².